The van der Waals surface area contributed by atoms with Crippen LogP contribution < -0.4 is 16.1 Å². The number of morpholine rings is 1. The number of aryl methyl sites for hydroxylation is 1. The van der Waals surface area contributed by atoms with Crippen LogP contribution in [0.1, 0.15) is 0 Å². The summed E-state index contributed by atoms with van der Waals surface area (Å²) in [6.45, 7) is 1.13. The fourth-order valence-electron chi connectivity index (χ4n) is 1.95. The highest BCUT2D eigenvalue weighted by Gasteiger charge is 2.26. The highest BCUT2D eigenvalue weighted by molar-refractivity contribution is 5.37. The van der Waals surface area contributed by atoms with Crippen molar-refractivity contribution in [2.75, 3.05) is 31.3 Å². The zero-order chi connectivity index (χ0) is 13.3. The van der Waals surface area contributed by atoms with Gasteiger partial charge in [-0.05, 0) is 0 Å². The lowest BCUT2D eigenvalue weighted by atomic mass is 10.2. The normalized spacial score (nSPS) is 20.2. The second-order valence-corrected chi connectivity index (χ2v) is 4.20. The van der Waals surface area contributed by atoms with Gasteiger partial charge in [-0.1, -0.05) is 0 Å². The van der Waals surface area contributed by atoms with Crippen LogP contribution in [0, 0.1) is 0 Å². The second kappa shape index (κ2) is 4.91. The van der Waals surface area contributed by atoms with E-state index in [9.17, 15) is 14.7 Å². The van der Waals surface area contributed by atoms with E-state index in [1.54, 1.807) is 4.90 Å². The van der Waals surface area contributed by atoms with Crippen molar-refractivity contribution in [1.29, 1.82) is 0 Å². The largest absolute Gasteiger partial charge is 0.394 e. The van der Waals surface area contributed by atoms with Gasteiger partial charge in [0.15, 0.2) is 0 Å². The first-order valence-electron chi connectivity index (χ1n) is 5.66. The van der Waals surface area contributed by atoms with Crippen molar-refractivity contribution in [3.8, 4) is 0 Å². The summed E-state index contributed by atoms with van der Waals surface area (Å²) in [5.41, 5.74) is -0.934. The summed E-state index contributed by atoms with van der Waals surface area (Å²) in [6.07, 6.45) is 0. The van der Waals surface area contributed by atoms with Gasteiger partial charge in [0.2, 0.25) is 5.82 Å². The molecule has 1 aliphatic rings. The molecule has 8 nitrogen and oxygen atoms in total. The number of nitrogens with zero attached hydrogens (tertiary/aromatic N) is 4. The average Bonchev–Trinajstić information content (AvgIpc) is 2.40. The fourth-order valence-corrected chi connectivity index (χ4v) is 1.95. The minimum atomic E-state index is -0.474. The van der Waals surface area contributed by atoms with Crippen molar-refractivity contribution < 1.29 is 9.84 Å². The molecule has 2 rings (SSSR count). The Balaban J connectivity index is 2.50. The monoisotopic (exact) mass is 256 g/mol. The zero-order valence-electron chi connectivity index (χ0n) is 10.4. The first-order chi connectivity index (χ1) is 8.56. The summed E-state index contributed by atoms with van der Waals surface area (Å²) in [5, 5.41) is 13.3. The third kappa shape index (κ3) is 2.04. The molecule has 1 atom stereocenters. The minimum Gasteiger partial charge on any atom is -0.394 e. The van der Waals surface area contributed by atoms with E-state index in [0.717, 1.165) is 9.25 Å². The number of rotatable bonds is 2. The maximum Gasteiger partial charge on any atom is 0.346 e. The van der Waals surface area contributed by atoms with Crippen LogP contribution >= 0.6 is 0 Å². The Labute approximate surface area is 103 Å². The maximum atomic E-state index is 12.0. The predicted molar refractivity (Wildman–Crippen MR) is 63.8 cm³/mol. The van der Waals surface area contributed by atoms with E-state index in [1.165, 1.54) is 14.1 Å². The lowest BCUT2D eigenvalue weighted by Crippen LogP contribution is -2.52. The number of anilines is 1. The van der Waals surface area contributed by atoms with Crippen LogP contribution in [0.15, 0.2) is 9.59 Å². The highest BCUT2D eigenvalue weighted by Crippen LogP contribution is 2.11. The summed E-state index contributed by atoms with van der Waals surface area (Å²) in [6, 6.07) is -0.309. The molecule has 8 heteroatoms. The molecule has 1 aromatic heterocycles. The van der Waals surface area contributed by atoms with Crippen molar-refractivity contribution in [3.05, 3.63) is 20.8 Å². The average molecular weight is 256 g/mol. The van der Waals surface area contributed by atoms with Crippen molar-refractivity contribution >= 4 is 5.82 Å². The number of hydrogen-bond donors (Lipinski definition) is 1. The van der Waals surface area contributed by atoms with Crippen molar-refractivity contribution in [2.24, 2.45) is 14.1 Å². The molecular weight excluding hydrogens is 240 g/mol. The Bertz CT molecular complexity index is 550. The van der Waals surface area contributed by atoms with Crippen molar-refractivity contribution in [3.63, 3.8) is 0 Å². The molecule has 0 spiro atoms. The van der Waals surface area contributed by atoms with Crippen LogP contribution in [0.3, 0.4) is 0 Å². The summed E-state index contributed by atoms with van der Waals surface area (Å²) in [4.78, 5) is 25.3. The SMILES string of the molecule is Cn1nc(N2CCOCC2CO)c(=O)n(C)c1=O. The molecule has 0 aliphatic carbocycles. The van der Waals surface area contributed by atoms with Crippen molar-refractivity contribution in [1.82, 2.24) is 14.3 Å². The quantitative estimate of drug-likeness (QED) is 0.639. The number of aliphatic hydroxyl groups is 1. The molecule has 0 bridgehead atoms. The molecule has 18 heavy (non-hydrogen) atoms. The van der Waals surface area contributed by atoms with Crippen LogP contribution in [0.5, 0.6) is 0 Å². The standard InChI is InChI=1S/C10H16N4O4/c1-12-9(16)8(11-13(2)10(12)17)14-3-4-18-6-7(14)5-15/h7,15H,3-6H2,1-2H3. The van der Waals surface area contributed by atoms with Gasteiger partial charge < -0.3 is 14.7 Å². The van der Waals surface area contributed by atoms with E-state index < -0.39 is 11.2 Å². The molecule has 2 heterocycles. The van der Waals surface area contributed by atoms with Gasteiger partial charge in [0.05, 0.1) is 25.9 Å². The van der Waals surface area contributed by atoms with Gasteiger partial charge >= 0.3 is 5.69 Å². The van der Waals surface area contributed by atoms with Gasteiger partial charge in [0.1, 0.15) is 0 Å². The van der Waals surface area contributed by atoms with Crippen LogP contribution in [-0.4, -0.2) is 51.9 Å². The molecule has 1 unspecified atom stereocenters. The Morgan fingerprint density at radius 3 is 2.83 bits per heavy atom. The zero-order valence-corrected chi connectivity index (χ0v) is 10.4. The van der Waals surface area contributed by atoms with Crippen LogP contribution in [0.25, 0.3) is 0 Å². The summed E-state index contributed by atoms with van der Waals surface area (Å²) < 4.78 is 7.36. The summed E-state index contributed by atoms with van der Waals surface area (Å²) in [5.74, 6) is 0.168. The first kappa shape index (κ1) is 12.8. The molecule has 0 aromatic carbocycles. The van der Waals surface area contributed by atoms with Crippen LogP contribution in [0.4, 0.5) is 5.82 Å². The van der Waals surface area contributed by atoms with E-state index in [1.807, 2.05) is 0 Å². The van der Waals surface area contributed by atoms with Crippen molar-refractivity contribution in [2.45, 2.75) is 6.04 Å². The van der Waals surface area contributed by atoms with E-state index in [2.05, 4.69) is 5.10 Å². The molecular formula is C10H16N4O4. The smallest absolute Gasteiger partial charge is 0.346 e. The maximum absolute atomic E-state index is 12.0. The molecule has 0 amide bonds. The topological polar surface area (TPSA) is 89.6 Å². The fraction of sp³-hybridized carbons (Fsp3) is 0.700. The first-order valence-corrected chi connectivity index (χ1v) is 5.66. The molecule has 100 valence electrons. The number of ether oxygens (including phenoxy) is 1. The molecule has 1 fully saturated rings. The van der Waals surface area contributed by atoms with Crippen LogP contribution in [0.2, 0.25) is 0 Å². The van der Waals surface area contributed by atoms with Gasteiger partial charge in [-0.2, -0.15) is 0 Å². The van der Waals surface area contributed by atoms with Gasteiger partial charge in [0.25, 0.3) is 5.56 Å². The molecule has 1 aromatic rings. The molecule has 0 saturated carbocycles. The van der Waals surface area contributed by atoms with Gasteiger partial charge in [0, 0.05) is 20.6 Å². The van der Waals surface area contributed by atoms with E-state index >= 15 is 0 Å². The van der Waals surface area contributed by atoms with Gasteiger partial charge in [-0.25, -0.2) is 9.48 Å². The lowest BCUT2D eigenvalue weighted by molar-refractivity contribution is 0.0718. The third-order valence-electron chi connectivity index (χ3n) is 3.01. The number of aliphatic hydroxyl groups excluding tert-OH is 1. The molecule has 0 radical (unpaired) electrons. The Morgan fingerprint density at radius 1 is 1.44 bits per heavy atom. The van der Waals surface area contributed by atoms with Gasteiger partial charge in [-0.3, -0.25) is 9.36 Å². The minimum absolute atomic E-state index is 0.131. The number of hydrogen-bond acceptors (Lipinski definition) is 6. The third-order valence-corrected chi connectivity index (χ3v) is 3.01. The predicted octanol–water partition coefficient (Wildman–Crippen LogP) is -2.32. The van der Waals surface area contributed by atoms with E-state index in [-0.39, 0.29) is 18.5 Å². The number of aromatic nitrogens is 3. The van der Waals surface area contributed by atoms with E-state index in [0.29, 0.717) is 19.8 Å². The molecule has 1 N–H and O–H groups in total. The Kier molecular flexibility index (Phi) is 3.48. The van der Waals surface area contributed by atoms with Gasteiger partial charge in [-0.15, -0.1) is 5.10 Å². The second-order valence-electron chi connectivity index (χ2n) is 4.20. The van der Waals surface area contributed by atoms with Crippen LogP contribution in [-0.2, 0) is 18.8 Å². The Morgan fingerprint density at radius 2 is 2.17 bits per heavy atom. The summed E-state index contributed by atoms with van der Waals surface area (Å²) >= 11 is 0. The molecule has 1 aliphatic heterocycles. The lowest BCUT2D eigenvalue weighted by Gasteiger charge is -2.34. The van der Waals surface area contributed by atoms with E-state index in [4.69, 9.17) is 4.74 Å². The summed E-state index contributed by atoms with van der Waals surface area (Å²) in [7, 11) is 2.89. The Hall–Kier alpha value is -1.67. The highest BCUT2D eigenvalue weighted by atomic mass is 16.5. The molecule has 1 saturated heterocycles.